The van der Waals surface area contributed by atoms with Gasteiger partial charge in [0.15, 0.2) is 0 Å². The number of benzene rings is 3. The highest BCUT2D eigenvalue weighted by Crippen LogP contribution is 2.31. The molecule has 36 heavy (non-hydrogen) atoms. The van der Waals surface area contributed by atoms with Crippen LogP contribution >= 0.6 is 24.8 Å². The van der Waals surface area contributed by atoms with Crippen LogP contribution in [0.2, 0.25) is 0 Å². The van der Waals surface area contributed by atoms with E-state index in [0.717, 1.165) is 83.6 Å². The van der Waals surface area contributed by atoms with E-state index in [1.807, 2.05) is 26.5 Å². The second kappa shape index (κ2) is 12.6. The first kappa shape index (κ1) is 27.2. The van der Waals surface area contributed by atoms with Crippen LogP contribution in [0, 0.1) is 0 Å². The number of halogens is 2. The van der Waals surface area contributed by atoms with E-state index >= 15 is 0 Å². The molecule has 2 N–H and O–H groups in total. The van der Waals surface area contributed by atoms with Crippen molar-refractivity contribution in [3.05, 3.63) is 59.7 Å². The Hall–Kier alpha value is -3.36. The molecule has 0 spiro atoms. The van der Waals surface area contributed by atoms with Crippen LogP contribution in [0.4, 0.5) is 0 Å². The Morgan fingerprint density at radius 3 is 1.36 bits per heavy atom. The number of rotatable bonds is 4. The number of nitrogens with zero attached hydrogens (tertiary/aromatic N) is 6. The Bertz CT molecular complexity index is 1160. The van der Waals surface area contributed by atoms with E-state index in [2.05, 4.69) is 89.4 Å². The molecule has 10 heteroatoms. The number of hydrazone groups is 2. The lowest BCUT2D eigenvalue weighted by Crippen LogP contribution is -2.39. The SMILES string of the molecule is CN1CCCN=C1N/N=C/c1c2ccccc2c(/C=N/NC2=NCCCN2C)c2ccccc12.Cl.Cl. The smallest absolute Gasteiger partial charge is 0.214 e. The summed E-state index contributed by atoms with van der Waals surface area (Å²) in [5.41, 5.74) is 8.40. The van der Waals surface area contributed by atoms with Crippen molar-refractivity contribution in [1.82, 2.24) is 20.7 Å². The van der Waals surface area contributed by atoms with Crippen molar-refractivity contribution in [3.63, 3.8) is 0 Å². The van der Waals surface area contributed by atoms with Gasteiger partial charge < -0.3 is 9.80 Å². The first-order chi connectivity index (χ1) is 16.7. The van der Waals surface area contributed by atoms with Crippen molar-refractivity contribution in [1.29, 1.82) is 0 Å². The fraction of sp³-hybridized carbons (Fsp3) is 0.308. The monoisotopic (exact) mass is 526 g/mol. The zero-order valence-corrected chi connectivity index (χ0v) is 22.1. The summed E-state index contributed by atoms with van der Waals surface area (Å²) in [6.07, 6.45) is 5.95. The predicted molar refractivity (Wildman–Crippen MR) is 157 cm³/mol. The van der Waals surface area contributed by atoms with Gasteiger partial charge in [0.05, 0.1) is 12.4 Å². The summed E-state index contributed by atoms with van der Waals surface area (Å²) in [5, 5.41) is 13.6. The minimum atomic E-state index is 0. The predicted octanol–water partition coefficient (Wildman–Crippen LogP) is 4.07. The molecule has 2 aliphatic rings. The highest BCUT2D eigenvalue weighted by Gasteiger charge is 2.13. The van der Waals surface area contributed by atoms with Gasteiger partial charge >= 0.3 is 0 Å². The lowest BCUT2D eigenvalue weighted by Gasteiger charge is -2.23. The summed E-state index contributed by atoms with van der Waals surface area (Å²) in [6, 6.07) is 16.8. The van der Waals surface area contributed by atoms with Crippen LogP contribution in [0.25, 0.3) is 21.5 Å². The van der Waals surface area contributed by atoms with Crippen molar-refractivity contribution in [2.45, 2.75) is 12.8 Å². The standard InChI is InChI=1S/C26H30N8.2ClH/c1-33-15-7-13-27-25(33)31-29-17-23-19-9-3-5-11-21(19)24(22-12-6-4-10-20(22)23)18-30-32-26-28-14-8-16-34(26)2;;/h3-6,9-12,17-18H,7-8,13-16H2,1-2H3,(H,27,31)(H,28,32);2*1H/b29-17+,30-18+;;. The first-order valence-electron chi connectivity index (χ1n) is 11.7. The molecule has 0 amide bonds. The number of fused-ring (bicyclic) bond motifs is 2. The number of hydrogen-bond donors (Lipinski definition) is 2. The van der Waals surface area contributed by atoms with Gasteiger partial charge in [0.2, 0.25) is 11.9 Å². The highest BCUT2D eigenvalue weighted by atomic mass is 35.5. The molecule has 0 saturated heterocycles. The third-order valence-corrected chi connectivity index (χ3v) is 6.28. The van der Waals surface area contributed by atoms with Crippen molar-refractivity contribution in [2.24, 2.45) is 20.2 Å². The van der Waals surface area contributed by atoms with Gasteiger partial charge in [-0.25, -0.2) is 10.9 Å². The molecule has 3 aromatic carbocycles. The Morgan fingerprint density at radius 1 is 0.667 bits per heavy atom. The van der Waals surface area contributed by atoms with Crippen LogP contribution in [0.3, 0.4) is 0 Å². The zero-order chi connectivity index (χ0) is 23.3. The second-order valence-electron chi connectivity index (χ2n) is 8.62. The maximum atomic E-state index is 4.56. The van der Waals surface area contributed by atoms with Crippen LogP contribution in [-0.2, 0) is 0 Å². The highest BCUT2D eigenvalue weighted by molar-refractivity contribution is 6.21. The third kappa shape index (κ3) is 5.71. The first-order valence-corrected chi connectivity index (χ1v) is 11.7. The fourth-order valence-electron chi connectivity index (χ4n) is 4.46. The molecule has 0 radical (unpaired) electrons. The van der Waals surface area contributed by atoms with E-state index in [0.29, 0.717) is 0 Å². The molecule has 0 unspecified atom stereocenters. The van der Waals surface area contributed by atoms with Gasteiger partial charge in [0.1, 0.15) is 0 Å². The summed E-state index contributed by atoms with van der Waals surface area (Å²) in [4.78, 5) is 13.3. The van der Waals surface area contributed by atoms with Gasteiger partial charge in [-0.3, -0.25) is 9.98 Å². The van der Waals surface area contributed by atoms with E-state index in [1.54, 1.807) is 0 Å². The maximum absolute atomic E-state index is 4.56. The van der Waals surface area contributed by atoms with Crippen molar-refractivity contribution in [2.75, 3.05) is 40.3 Å². The number of hydrogen-bond acceptors (Lipinski definition) is 8. The Balaban J connectivity index is 0.00000180. The lowest BCUT2D eigenvalue weighted by atomic mass is 9.92. The summed E-state index contributed by atoms with van der Waals surface area (Å²) in [7, 11) is 4.06. The molecule has 0 aliphatic carbocycles. The molecule has 2 aliphatic heterocycles. The molecule has 8 nitrogen and oxygen atoms in total. The molecule has 0 aromatic heterocycles. The molecule has 3 aromatic rings. The molecule has 0 fully saturated rings. The molecule has 190 valence electrons. The van der Waals surface area contributed by atoms with E-state index in [4.69, 9.17) is 0 Å². The molecule has 2 heterocycles. The Morgan fingerprint density at radius 2 is 1.03 bits per heavy atom. The normalized spacial score (nSPS) is 16.1. The molecule has 0 bridgehead atoms. The van der Waals surface area contributed by atoms with Gasteiger partial charge in [0.25, 0.3) is 0 Å². The topological polar surface area (TPSA) is 80.0 Å². The Kier molecular flexibility index (Phi) is 9.50. The van der Waals surface area contributed by atoms with Gasteiger partial charge in [0, 0.05) is 51.4 Å². The Labute approximate surface area is 224 Å². The van der Waals surface area contributed by atoms with Crippen LogP contribution < -0.4 is 10.9 Å². The quantitative estimate of drug-likeness (QED) is 0.305. The van der Waals surface area contributed by atoms with E-state index in [9.17, 15) is 0 Å². The van der Waals surface area contributed by atoms with E-state index in [1.165, 1.54) is 0 Å². The van der Waals surface area contributed by atoms with Gasteiger partial charge in [-0.15, -0.1) is 24.8 Å². The lowest BCUT2D eigenvalue weighted by molar-refractivity contribution is 0.448. The van der Waals surface area contributed by atoms with Crippen LogP contribution in [-0.4, -0.2) is 74.4 Å². The molecule has 0 atom stereocenters. The van der Waals surface area contributed by atoms with Crippen LogP contribution in [0.1, 0.15) is 24.0 Å². The second-order valence-corrected chi connectivity index (χ2v) is 8.62. The van der Waals surface area contributed by atoms with Crippen molar-refractivity contribution in [3.8, 4) is 0 Å². The molecular formula is C26H32Cl2N8. The average molecular weight is 528 g/mol. The van der Waals surface area contributed by atoms with Crippen molar-refractivity contribution >= 4 is 70.7 Å². The van der Waals surface area contributed by atoms with Gasteiger partial charge in [-0.05, 0) is 34.4 Å². The minimum absolute atomic E-state index is 0. The summed E-state index contributed by atoms with van der Waals surface area (Å²) >= 11 is 0. The summed E-state index contributed by atoms with van der Waals surface area (Å²) in [6.45, 7) is 3.63. The summed E-state index contributed by atoms with van der Waals surface area (Å²) in [5.74, 6) is 1.61. The maximum Gasteiger partial charge on any atom is 0.214 e. The van der Waals surface area contributed by atoms with E-state index in [-0.39, 0.29) is 24.8 Å². The largest absolute Gasteiger partial charge is 0.345 e. The van der Waals surface area contributed by atoms with Crippen LogP contribution in [0.5, 0.6) is 0 Å². The number of aliphatic imine (C=N–C) groups is 2. The third-order valence-electron chi connectivity index (χ3n) is 6.28. The van der Waals surface area contributed by atoms with E-state index < -0.39 is 0 Å². The van der Waals surface area contributed by atoms with Crippen LogP contribution in [0.15, 0.2) is 68.7 Å². The van der Waals surface area contributed by atoms with Gasteiger partial charge in [-0.1, -0.05) is 48.5 Å². The van der Waals surface area contributed by atoms with Gasteiger partial charge in [-0.2, -0.15) is 10.2 Å². The molecular weight excluding hydrogens is 495 g/mol. The fourth-order valence-corrected chi connectivity index (χ4v) is 4.46. The van der Waals surface area contributed by atoms with Crippen molar-refractivity contribution < 1.29 is 0 Å². The zero-order valence-electron chi connectivity index (χ0n) is 20.5. The summed E-state index contributed by atoms with van der Waals surface area (Å²) < 4.78 is 0. The average Bonchev–Trinajstić information content (AvgIpc) is 2.87. The number of nitrogens with one attached hydrogen (secondary N) is 2. The minimum Gasteiger partial charge on any atom is -0.345 e. The number of guanidine groups is 2. The molecule has 0 saturated carbocycles. The molecule has 5 rings (SSSR count).